The molecule has 0 aromatic heterocycles. The molecule has 9 heteroatoms. The van der Waals surface area contributed by atoms with Crippen LogP contribution in [0.2, 0.25) is 5.02 Å². The van der Waals surface area contributed by atoms with E-state index in [0.29, 0.717) is 5.56 Å². The second kappa shape index (κ2) is 7.22. The first kappa shape index (κ1) is 17.6. The molecule has 0 aliphatic heterocycles. The molecule has 2 rings (SSSR count). The number of Topliss-reactive ketones (excluding diaryl/α,β-unsaturated/α-hetero) is 1. The topological polar surface area (TPSA) is 78.7 Å². The SMILES string of the molecule is CC(=O)c1ccc(Oc2ccc([N+](=O)[O-])c(OC(F)F)c2)c(Cl)c1. The first-order valence-corrected chi connectivity index (χ1v) is 6.87. The zero-order valence-electron chi connectivity index (χ0n) is 12.2. The molecule has 0 fully saturated rings. The lowest BCUT2D eigenvalue weighted by Crippen LogP contribution is -2.04. The third-order valence-electron chi connectivity index (χ3n) is 2.91. The summed E-state index contributed by atoms with van der Waals surface area (Å²) in [5.41, 5.74) is -0.251. The highest BCUT2D eigenvalue weighted by Gasteiger charge is 2.20. The minimum absolute atomic E-state index is 0.00808. The average molecular weight is 358 g/mol. The van der Waals surface area contributed by atoms with E-state index in [2.05, 4.69) is 4.74 Å². The summed E-state index contributed by atoms with van der Waals surface area (Å²) >= 11 is 5.99. The van der Waals surface area contributed by atoms with Gasteiger partial charge in [0.2, 0.25) is 5.75 Å². The maximum Gasteiger partial charge on any atom is 0.387 e. The number of hydrogen-bond acceptors (Lipinski definition) is 5. The number of ketones is 1. The van der Waals surface area contributed by atoms with Gasteiger partial charge < -0.3 is 9.47 Å². The molecular weight excluding hydrogens is 348 g/mol. The molecule has 0 aliphatic carbocycles. The van der Waals surface area contributed by atoms with E-state index in [0.717, 1.165) is 12.1 Å². The maximum absolute atomic E-state index is 12.4. The Morgan fingerprint density at radius 3 is 2.46 bits per heavy atom. The molecule has 0 bridgehead atoms. The lowest BCUT2D eigenvalue weighted by molar-refractivity contribution is -0.386. The molecule has 6 nitrogen and oxygen atoms in total. The molecule has 0 spiro atoms. The second-order valence-electron chi connectivity index (χ2n) is 4.57. The minimum atomic E-state index is -3.22. The van der Waals surface area contributed by atoms with Crippen molar-refractivity contribution in [2.24, 2.45) is 0 Å². The summed E-state index contributed by atoms with van der Waals surface area (Å²) in [6.45, 7) is -1.85. The van der Waals surface area contributed by atoms with Crippen molar-refractivity contribution in [3.8, 4) is 17.2 Å². The van der Waals surface area contributed by atoms with Crippen LogP contribution in [0.1, 0.15) is 17.3 Å². The Morgan fingerprint density at radius 2 is 1.92 bits per heavy atom. The van der Waals surface area contributed by atoms with Gasteiger partial charge in [-0.15, -0.1) is 0 Å². The largest absolute Gasteiger partial charge is 0.456 e. The molecule has 2 aromatic carbocycles. The van der Waals surface area contributed by atoms with Gasteiger partial charge in [0.15, 0.2) is 5.78 Å². The number of nitrogens with zero attached hydrogens (tertiary/aromatic N) is 1. The first-order valence-electron chi connectivity index (χ1n) is 6.49. The molecule has 126 valence electrons. The zero-order valence-corrected chi connectivity index (χ0v) is 12.9. The van der Waals surface area contributed by atoms with Gasteiger partial charge >= 0.3 is 12.3 Å². The van der Waals surface area contributed by atoms with E-state index >= 15 is 0 Å². The van der Waals surface area contributed by atoms with Crippen molar-refractivity contribution in [1.82, 2.24) is 0 Å². The predicted molar refractivity (Wildman–Crippen MR) is 81.3 cm³/mol. The number of alkyl halides is 2. The lowest BCUT2D eigenvalue weighted by Gasteiger charge is -2.10. The third-order valence-corrected chi connectivity index (χ3v) is 3.21. The van der Waals surface area contributed by atoms with Crippen LogP contribution in [0.4, 0.5) is 14.5 Å². The van der Waals surface area contributed by atoms with E-state index in [1.165, 1.54) is 31.2 Å². The molecule has 24 heavy (non-hydrogen) atoms. The van der Waals surface area contributed by atoms with Crippen LogP contribution in [-0.4, -0.2) is 17.3 Å². The Kier molecular flexibility index (Phi) is 5.30. The third kappa shape index (κ3) is 4.17. The van der Waals surface area contributed by atoms with Crippen LogP contribution in [-0.2, 0) is 0 Å². The van der Waals surface area contributed by atoms with Gasteiger partial charge in [0.05, 0.1) is 9.95 Å². The van der Waals surface area contributed by atoms with E-state index in [1.54, 1.807) is 0 Å². The van der Waals surface area contributed by atoms with Gasteiger partial charge in [-0.25, -0.2) is 0 Å². The highest BCUT2D eigenvalue weighted by Crippen LogP contribution is 2.36. The van der Waals surface area contributed by atoms with Gasteiger partial charge in [-0.2, -0.15) is 8.78 Å². The van der Waals surface area contributed by atoms with Crippen LogP contribution in [0.15, 0.2) is 36.4 Å². The van der Waals surface area contributed by atoms with Crippen molar-refractivity contribution in [1.29, 1.82) is 0 Å². The molecule has 0 unspecified atom stereocenters. The van der Waals surface area contributed by atoms with Gasteiger partial charge in [-0.05, 0) is 31.2 Å². The number of nitro groups is 1. The monoisotopic (exact) mass is 357 g/mol. The molecule has 0 atom stereocenters. The average Bonchev–Trinajstić information content (AvgIpc) is 2.48. The summed E-state index contributed by atoms with van der Waals surface area (Å²) in [6.07, 6.45) is 0. The van der Waals surface area contributed by atoms with Crippen LogP contribution in [0.3, 0.4) is 0 Å². The Hall–Kier alpha value is -2.74. The Bertz CT molecular complexity index is 797. The van der Waals surface area contributed by atoms with Crippen molar-refractivity contribution in [2.45, 2.75) is 13.5 Å². The van der Waals surface area contributed by atoms with Crippen LogP contribution in [0.5, 0.6) is 17.2 Å². The summed E-state index contributed by atoms with van der Waals surface area (Å²) in [5, 5.41) is 10.9. The van der Waals surface area contributed by atoms with Crippen molar-refractivity contribution in [3.63, 3.8) is 0 Å². The fourth-order valence-electron chi connectivity index (χ4n) is 1.83. The number of nitro benzene ring substituents is 1. The molecule has 0 saturated heterocycles. The van der Waals surface area contributed by atoms with E-state index in [9.17, 15) is 23.7 Å². The van der Waals surface area contributed by atoms with Gasteiger partial charge in [-0.1, -0.05) is 11.6 Å². The summed E-state index contributed by atoms with van der Waals surface area (Å²) in [5.74, 6) is -0.664. The van der Waals surface area contributed by atoms with Crippen molar-refractivity contribution >= 4 is 23.1 Å². The lowest BCUT2D eigenvalue weighted by atomic mass is 10.1. The van der Waals surface area contributed by atoms with Gasteiger partial charge in [-0.3, -0.25) is 14.9 Å². The van der Waals surface area contributed by atoms with E-state index in [-0.39, 0.29) is 22.3 Å². The quantitative estimate of drug-likeness (QED) is 0.419. The molecule has 0 saturated carbocycles. The summed E-state index contributed by atoms with van der Waals surface area (Å²) < 4.78 is 34.3. The smallest absolute Gasteiger partial charge is 0.387 e. The standard InChI is InChI=1S/C15H10ClF2NO5/c1-8(20)9-2-5-13(11(16)6-9)23-10-3-4-12(19(21)22)14(7-10)24-15(17)18/h2-7,15H,1H3. The van der Waals surface area contributed by atoms with Crippen molar-refractivity contribution < 1.29 is 28.0 Å². The van der Waals surface area contributed by atoms with Crippen LogP contribution < -0.4 is 9.47 Å². The number of rotatable bonds is 6. The Morgan fingerprint density at radius 1 is 1.21 bits per heavy atom. The number of carbonyl (C=O) groups excluding carboxylic acids is 1. The maximum atomic E-state index is 12.4. The Balaban J connectivity index is 2.33. The van der Waals surface area contributed by atoms with E-state index in [1.807, 2.05) is 0 Å². The van der Waals surface area contributed by atoms with Crippen LogP contribution in [0.25, 0.3) is 0 Å². The number of carbonyl (C=O) groups is 1. The van der Waals surface area contributed by atoms with Gasteiger partial charge in [0.1, 0.15) is 11.5 Å². The van der Waals surface area contributed by atoms with Gasteiger partial charge in [0, 0.05) is 17.7 Å². The summed E-state index contributed by atoms with van der Waals surface area (Å²) in [4.78, 5) is 21.2. The fourth-order valence-corrected chi connectivity index (χ4v) is 2.05. The highest BCUT2D eigenvalue weighted by atomic mass is 35.5. The molecular formula is C15H10ClF2NO5. The first-order chi connectivity index (χ1) is 11.3. The number of benzene rings is 2. The molecule has 0 radical (unpaired) electrons. The molecule has 2 aromatic rings. The van der Waals surface area contributed by atoms with Crippen molar-refractivity contribution in [3.05, 3.63) is 57.1 Å². The molecule has 0 aliphatic rings. The van der Waals surface area contributed by atoms with E-state index < -0.39 is 23.0 Å². The molecule has 0 N–H and O–H groups in total. The van der Waals surface area contributed by atoms with E-state index in [4.69, 9.17) is 16.3 Å². The molecule has 0 heterocycles. The normalized spacial score (nSPS) is 10.5. The zero-order chi connectivity index (χ0) is 17.9. The minimum Gasteiger partial charge on any atom is -0.456 e. The second-order valence-corrected chi connectivity index (χ2v) is 4.98. The number of halogens is 3. The molecule has 0 amide bonds. The highest BCUT2D eigenvalue weighted by molar-refractivity contribution is 6.32. The Labute approximate surface area is 139 Å². The number of hydrogen-bond donors (Lipinski definition) is 0. The number of ether oxygens (including phenoxy) is 2. The van der Waals surface area contributed by atoms with Crippen LogP contribution >= 0.6 is 11.6 Å². The summed E-state index contributed by atoms with van der Waals surface area (Å²) in [6, 6.07) is 7.44. The summed E-state index contributed by atoms with van der Waals surface area (Å²) in [7, 11) is 0. The predicted octanol–water partition coefficient (Wildman–Crippen LogP) is 4.84. The fraction of sp³-hybridized carbons (Fsp3) is 0.133. The van der Waals surface area contributed by atoms with Crippen molar-refractivity contribution in [2.75, 3.05) is 0 Å². The van der Waals surface area contributed by atoms with Gasteiger partial charge in [0.25, 0.3) is 0 Å². The van der Waals surface area contributed by atoms with Crippen LogP contribution in [0, 0.1) is 10.1 Å².